The van der Waals surface area contributed by atoms with Gasteiger partial charge in [0.2, 0.25) is 0 Å². The Labute approximate surface area is 68.4 Å². The molecule has 0 aliphatic rings. The van der Waals surface area contributed by atoms with E-state index in [2.05, 4.69) is 12.6 Å². The molecule has 0 saturated carbocycles. The van der Waals surface area contributed by atoms with Crippen LogP contribution in [0.5, 0.6) is 0 Å². The SMILES string of the molecule is Nc1cc(S)c(F)cc1Cl. The normalized spacial score (nSPS) is 9.90. The standard InChI is InChI=1S/C6H5ClFNS/c7-3-1-4(8)6(10)2-5(3)9/h1-2,10H,9H2. The molecule has 0 atom stereocenters. The third-order valence-corrected chi connectivity index (χ3v) is 1.74. The molecule has 10 heavy (non-hydrogen) atoms. The molecule has 0 aliphatic carbocycles. The summed E-state index contributed by atoms with van der Waals surface area (Å²) in [5.41, 5.74) is 5.68. The number of hydrogen-bond acceptors (Lipinski definition) is 2. The molecule has 0 aliphatic heterocycles. The van der Waals surface area contributed by atoms with E-state index >= 15 is 0 Å². The summed E-state index contributed by atoms with van der Waals surface area (Å²) in [5.74, 6) is -0.456. The van der Waals surface area contributed by atoms with Crippen LogP contribution in [0, 0.1) is 5.82 Å². The van der Waals surface area contributed by atoms with E-state index in [0.717, 1.165) is 6.07 Å². The van der Waals surface area contributed by atoms with Crippen LogP contribution in [0.25, 0.3) is 0 Å². The van der Waals surface area contributed by atoms with E-state index in [1.807, 2.05) is 0 Å². The molecule has 0 spiro atoms. The van der Waals surface area contributed by atoms with Gasteiger partial charge in [-0.1, -0.05) is 11.6 Å². The van der Waals surface area contributed by atoms with Crippen molar-refractivity contribution in [3.63, 3.8) is 0 Å². The number of thiol groups is 1. The molecule has 2 N–H and O–H groups in total. The topological polar surface area (TPSA) is 26.0 Å². The van der Waals surface area contributed by atoms with Crippen molar-refractivity contribution in [3.8, 4) is 0 Å². The Bertz CT molecular complexity index is 214. The summed E-state index contributed by atoms with van der Waals surface area (Å²) in [4.78, 5) is 0.210. The van der Waals surface area contributed by atoms with Gasteiger partial charge in [0.1, 0.15) is 5.82 Å². The highest BCUT2D eigenvalue weighted by Crippen LogP contribution is 2.24. The summed E-state index contributed by atoms with van der Waals surface area (Å²) in [7, 11) is 0. The molecule has 1 aromatic carbocycles. The number of benzene rings is 1. The molecular formula is C6H5ClFNS. The summed E-state index contributed by atoms with van der Waals surface area (Å²) in [6.07, 6.45) is 0. The highest BCUT2D eigenvalue weighted by atomic mass is 35.5. The zero-order valence-corrected chi connectivity index (χ0v) is 6.59. The van der Waals surface area contributed by atoms with E-state index in [1.54, 1.807) is 0 Å². The second kappa shape index (κ2) is 2.68. The van der Waals surface area contributed by atoms with Gasteiger partial charge in [-0.3, -0.25) is 0 Å². The van der Waals surface area contributed by atoms with Crippen molar-refractivity contribution in [1.29, 1.82) is 0 Å². The summed E-state index contributed by atoms with van der Waals surface area (Å²) in [6.45, 7) is 0. The van der Waals surface area contributed by atoms with Crippen LogP contribution < -0.4 is 5.73 Å². The van der Waals surface area contributed by atoms with Crippen LogP contribution in [0.4, 0.5) is 10.1 Å². The van der Waals surface area contributed by atoms with Crippen LogP contribution in [-0.2, 0) is 0 Å². The lowest BCUT2D eigenvalue weighted by Crippen LogP contribution is -1.88. The van der Waals surface area contributed by atoms with E-state index in [0.29, 0.717) is 5.69 Å². The Hall–Kier alpha value is -0.410. The molecule has 54 valence electrons. The first-order chi connectivity index (χ1) is 4.61. The van der Waals surface area contributed by atoms with Gasteiger partial charge in [0.25, 0.3) is 0 Å². The molecule has 1 aromatic rings. The lowest BCUT2D eigenvalue weighted by atomic mass is 10.3. The average Bonchev–Trinajstić information content (AvgIpc) is 1.84. The first-order valence-electron chi connectivity index (χ1n) is 2.54. The highest BCUT2D eigenvalue weighted by molar-refractivity contribution is 7.80. The highest BCUT2D eigenvalue weighted by Gasteiger charge is 2.01. The predicted octanol–water partition coefficient (Wildman–Crippen LogP) is 2.35. The van der Waals surface area contributed by atoms with Gasteiger partial charge in [-0.25, -0.2) is 4.39 Å². The second-order valence-electron chi connectivity index (χ2n) is 1.83. The van der Waals surface area contributed by atoms with Crippen molar-refractivity contribution in [2.24, 2.45) is 0 Å². The van der Waals surface area contributed by atoms with Gasteiger partial charge in [0, 0.05) is 4.90 Å². The van der Waals surface area contributed by atoms with Crippen LogP contribution in [0.1, 0.15) is 0 Å². The van der Waals surface area contributed by atoms with Crippen molar-refractivity contribution in [1.82, 2.24) is 0 Å². The summed E-state index contributed by atoms with van der Waals surface area (Å²) in [5, 5.41) is 0.218. The predicted molar refractivity (Wildman–Crippen MR) is 43.1 cm³/mol. The quantitative estimate of drug-likeness (QED) is 0.462. The lowest BCUT2D eigenvalue weighted by Gasteiger charge is -1.98. The molecule has 0 aromatic heterocycles. The zero-order valence-electron chi connectivity index (χ0n) is 4.94. The van der Waals surface area contributed by atoms with Gasteiger partial charge in [-0.05, 0) is 12.1 Å². The summed E-state index contributed by atoms with van der Waals surface area (Å²) < 4.78 is 12.5. The van der Waals surface area contributed by atoms with Gasteiger partial charge < -0.3 is 5.73 Å². The fourth-order valence-electron chi connectivity index (χ4n) is 0.554. The number of anilines is 1. The van der Waals surface area contributed by atoms with E-state index < -0.39 is 5.82 Å². The molecule has 0 saturated heterocycles. The Morgan fingerprint density at radius 1 is 1.50 bits per heavy atom. The van der Waals surface area contributed by atoms with Crippen LogP contribution in [0.15, 0.2) is 17.0 Å². The molecule has 0 bridgehead atoms. The third-order valence-electron chi connectivity index (χ3n) is 1.07. The minimum Gasteiger partial charge on any atom is -0.397 e. The molecule has 0 heterocycles. The molecule has 0 fully saturated rings. The largest absolute Gasteiger partial charge is 0.397 e. The first-order valence-corrected chi connectivity index (χ1v) is 3.37. The van der Waals surface area contributed by atoms with Gasteiger partial charge in [0.05, 0.1) is 10.7 Å². The van der Waals surface area contributed by atoms with Crippen molar-refractivity contribution < 1.29 is 4.39 Å². The van der Waals surface area contributed by atoms with Gasteiger partial charge in [-0.2, -0.15) is 0 Å². The van der Waals surface area contributed by atoms with Crippen molar-refractivity contribution >= 4 is 29.9 Å². The van der Waals surface area contributed by atoms with Crippen LogP contribution in [-0.4, -0.2) is 0 Å². The molecule has 0 amide bonds. The van der Waals surface area contributed by atoms with E-state index in [9.17, 15) is 4.39 Å². The minimum absolute atomic E-state index is 0.210. The maximum atomic E-state index is 12.5. The Balaban J connectivity index is 3.28. The Kier molecular flexibility index (Phi) is 2.06. The third kappa shape index (κ3) is 1.36. The van der Waals surface area contributed by atoms with Gasteiger partial charge in [-0.15, -0.1) is 12.6 Å². The van der Waals surface area contributed by atoms with Crippen molar-refractivity contribution in [2.45, 2.75) is 4.90 Å². The van der Waals surface area contributed by atoms with Gasteiger partial charge >= 0.3 is 0 Å². The average molecular weight is 178 g/mol. The molecule has 0 unspecified atom stereocenters. The van der Waals surface area contributed by atoms with E-state index in [1.165, 1.54) is 6.07 Å². The van der Waals surface area contributed by atoms with Crippen LogP contribution >= 0.6 is 24.2 Å². The second-order valence-corrected chi connectivity index (χ2v) is 2.71. The zero-order chi connectivity index (χ0) is 7.72. The molecular weight excluding hydrogens is 173 g/mol. The molecule has 0 radical (unpaired) electrons. The fraction of sp³-hybridized carbons (Fsp3) is 0. The monoisotopic (exact) mass is 177 g/mol. The van der Waals surface area contributed by atoms with E-state index in [4.69, 9.17) is 17.3 Å². The number of nitrogen functional groups attached to an aromatic ring is 1. The first kappa shape index (κ1) is 7.69. The Morgan fingerprint density at radius 3 is 2.60 bits per heavy atom. The minimum atomic E-state index is -0.456. The maximum Gasteiger partial charge on any atom is 0.138 e. The number of halogens is 2. The Morgan fingerprint density at radius 2 is 2.10 bits per heavy atom. The van der Waals surface area contributed by atoms with Gasteiger partial charge in [0.15, 0.2) is 0 Å². The van der Waals surface area contributed by atoms with Crippen molar-refractivity contribution in [3.05, 3.63) is 23.0 Å². The molecule has 1 rings (SSSR count). The van der Waals surface area contributed by atoms with Crippen LogP contribution in [0.3, 0.4) is 0 Å². The fourth-order valence-corrected chi connectivity index (χ4v) is 0.908. The van der Waals surface area contributed by atoms with E-state index in [-0.39, 0.29) is 9.92 Å². The summed E-state index contributed by atoms with van der Waals surface area (Å²) >= 11 is 9.29. The number of rotatable bonds is 0. The molecule has 1 nitrogen and oxygen atoms in total. The van der Waals surface area contributed by atoms with Crippen LogP contribution in [0.2, 0.25) is 5.02 Å². The molecule has 4 heteroatoms. The summed E-state index contributed by atoms with van der Waals surface area (Å²) in [6, 6.07) is 2.51. The maximum absolute atomic E-state index is 12.5. The lowest BCUT2D eigenvalue weighted by molar-refractivity contribution is 0.603. The van der Waals surface area contributed by atoms with Crippen molar-refractivity contribution in [2.75, 3.05) is 5.73 Å². The smallest absolute Gasteiger partial charge is 0.138 e. The number of nitrogens with two attached hydrogens (primary N) is 1. The number of hydrogen-bond donors (Lipinski definition) is 2.